The Morgan fingerprint density at radius 2 is 1.75 bits per heavy atom. The third-order valence-electron chi connectivity index (χ3n) is 1.33. The van der Waals surface area contributed by atoms with Gasteiger partial charge in [-0.05, 0) is 5.56 Å². The molecule has 2 heteroatoms. The summed E-state index contributed by atoms with van der Waals surface area (Å²) in [4.78, 5) is 0. The van der Waals surface area contributed by atoms with Gasteiger partial charge in [0, 0.05) is 5.33 Å². The molecule has 0 aliphatic heterocycles. The van der Waals surface area contributed by atoms with E-state index in [0.717, 1.165) is 5.56 Å². The molecule has 0 amide bonds. The number of hydrogen-bond donors (Lipinski definition) is 1. The van der Waals surface area contributed by atoms with E-state index in [1.54, 1.807) is 0 Å². The zero-order chi connectivity index (χ0) is 9.40. The Labute approximate surface area is 82.6 Å². The van der Waals surface area contributed by atoms with Gasteiger partial charge in [0.1, 0.15) is 0 Å². The van der Waals surface area contributed by atoms with Gasteiger partial charge in [0.15, 0.2) is 0 Å². The van der Waals surface area contributed by atoms with Gasteiger partial charge in [-0.2, -0.15) is 0 Å². The average Bonchev–Trinajstić information content (AvgIpc) is 2.21. The molecule has 0 spiro atoms. The highest BCUT2D eigenvalue weighted by molar-refractivity contribution is 9.09. The van der Waals surface area contributed by atoms with Crippen molar-refractivity contribution in [2.24, 2.45) is 0 Å². The molecule has 0 saturated heterocycles. The number of aliphatic hydroxyl groups is 1. The molecule has 0 bridgehead atoms. The fraction of sp³-hybridized carbons (Fsp3) is 0.400. The lowest BCUT2D eigenvalue weighted by Gasteiger charge is -2.04. The van der Waals surface area contributed by atoms with Crippen molar-refractivity contribution in [3.05, 3.63) is 35.9 Å². The quantitative estimate of drug-likeness (QED) is 0.775. The largest absolute Gasteiger partial charge is 0.388 e. The molecule has 0 aliphatic rings. The lowest BCUT2D eigenvalue weighted by Crippen LogP contribution is -1.96. The summed E-state index contributed by atoms with van der Waals surface area (Å²) in [7, 11) is 0. The van der Waals surface area contributed by atoms with E-state index < -0.39 is 0 Å². The van der Waals surface area contributed by atoms with Crippen LogP contribution < -0.4 is 0 Å². The molecule has 12 heavy (non-hydrogen) atoms. The summed E-state index contributed by atoms with van der Waals surface area (Å²) in [5, 5.41) is 9.88. The molecule has 1 atom stereocenters. The van der Waals surface area contributed by atoms with Crippen LogP contribution in [0.1, 0.15) is 25.5 Å². The zero-order valence-corrected chi connectivity index (χ0v) is 9.08. The molecule has 1 aromatic carbocycles. The van der Waals surface area contributed by atoms with Gasteiger partial charge in [-0.3, -0.25) is 0 Å². The maximum Gasteiger partial charge on any atom is 0.0886 e. The van der Waals surface area contributed by atoms with E-state index >= 15 is 0 Å². The van der Waals surface area contributed by atoms with Crippen molar-refractivity contribution in [1.29, 1.82) is 0 Å². The summed E-state index contributed by atoms with van der Waals surface area (Å²) in [6, 6.07) is 9.59. The standard InChI is InChI=1S/C8H9BrO.C2H6/c9-6-8(10)7-4-2-1-3-5-7;1-2/h1-5,8,10H,6H2;1-2H3/t8-;/m0./s1. The Morgan fingerprint density at radius 1 is 1.25 bits per heavy atom. The number of hydrogen-bond acceptors (Lipinski definition) is 1. The Bertz CT molecular complexity index is 186. The third kappa shape index (κ3) is 3.88. The van der Waals surface area contributed by atoms with Gasteiger partial charge in [0.05, 0.1) is 6.10 Å². The first-order valence-corrected chi connectivity index (χ1v) is 5.25. The molecular formula is C10H15BrO. The maximum absolute atomic E-state index is 9.28. The molecule has 0 saturated carbocycles. The first-order valence-electron chi connectivity index (χ1n) is 4.13. The summed E-state index contributed by atoms with van der Waals surface area (Å²) in [5.74, 6) is 0. The number of alkyl halides is 1. The molecule has 1 nitrogen and oxygen atoms in total. The first kappa shape index (κ1) is 11.7. The van der Waals surface area contributed by atoms with E-state index in [2.05, 4.69) is 15.9 Å². The van der Waals surface area contributed by atoms with E-state index in [-0.39, 0.29) is 6.10 Å². The van der Waals surface area contributed by atoms with Gasteiger partial charge in [-0.15, -0.1) is 0 Å². The Morgan fingerprint density at radius 3 is 2.17 bits per heavy atom. The minimum Gasteiger partial charge on any atom is -0.388 e. The smallest absolute Gasteiger partial charge is 0.0886 e. The second-order valence-electron chi connectivity index (χ2n) is 2.08. The molecule has 1 aromatic rings. The van der Waals surface area contributed by atoms with Crippen LogP contribution in [0.15, 0.2) is 30.3 Å². The van der Waals surface area contributed by atoms with E-state index in [4.69, 9.17) is 0 Å². The minimum absolute atomic E-state index is 0.374. The second-order valence-corrected chi connectivity index (χ2v) is 2.73. The van der Waals surface area contributed by atoms with Crippen LogP contribution >= 0.6 is 15.9 Å². The van der Waals surface area contributed by atoms with E-state index in [9.17, 15) is 5.11 Å². The predicted molar refractivity (Wildman–Crippen MR) is 56.5 cm³/mol. The van der Waals surface area contributed by atoms with Crippen molar-refractivity contribution >= 4 is 15.9 Å². The number of halogens is 1. The van der Waals surface area contributed by atoms with Crippen molar-refractivity contribution in [3.8, 4) is 0 Å². The summed E-state index contributed by atoms with van der Waals surface area (Å²) in [6.07, 6.45) is -0.374. The summed E-state index contributed by atoms with van der Waals surface area (Å²) in [5.41, 5.74) is 0.958. The SMILES string of the molecule is CC.O[C@@H](CBr)c1ccccc1. The van der Waals surface area contributed by atoms with Gasteiger partial charge in [0.2, 0.25) is 0 Å². The fourth-order valence-electron chi connectivity index (χ4n) is 0.764. The molecule has 0 heterocycles. The van der Waals surface area contributed by atoms with E-state index in [1.807, 2.05) is 44.2 Å². The monoisotopic (exact) mass is 230 g/mol. The van der Waals surface area contributed by atoms with Gasteiger partial charge < -0.3 is 5.11 Å². The van der Waals surface area contributed by atoms with Crippen molar-refractivity contribution in [2.75, 3.05) is 5.33 Å². The van der Waals surface area contributed by atoms with Crippen molar-refractivity contribution < 1.29 is 5.11 Å². The highest BCUT2D eigenvalue weighted by Gasteiger charge is 2.01. The highest BCUT2D eigenvalue weighted by Crippen LogP contribution is 2.13. The van der Waals surface area contributed by atoms with E-state index in [1.165, 1.54) is 0 Å². The molecule has 1 N–H and O–H groups in total. The molecule has 0 aromatic heterocycles. The Kier molecular flexibility index (Phi) is 7.11. The second kappa shape index (κ2) is 7.32. The predicted octanol–water partition coefficient (Wildman–Crippen LogP) is 3.14. The Balaban J connectivity index is 0.000000561. The number of benzene rings is 1. The summed E-state index contributed by atoms with van der Waals surface area (Å²) in [6.45, 7) is 4.00. The molecule has 0 unspecified atom stereocenters. The van der Waals surface area contributed by atoms with Crippen molar-refractivity contribution in [1.82, 2.24) is 0 Å². The van der Waals surface area contributed by atoms with Crippen LogP contribution in [0, 0.1) is 0 Å². The van der Waals surface area contributed by atoms with Crippen LogP contribution in [0.25, 0.3) is 0 Å². The zero-order valence-electron chi connectivity index (χ0n) is 7.50. The van der Waals surface area contributed by atoms with Gasteiger partial charge in [-0.1, -0.05) is 60.1 Å². The van der Waals surface area contributed by atoms with Crippen molar-refractivity contribution in [2.45, 2.75) is 20.0 Å². The Hall–Kier alpha value is -0.340. The third-order valence-corrected chi connectivity index (χ3v) is 1.94. The summed E-state index contributed by atoms with van der Waals surface area (Å²) >= 11 is 3.20. The molecule has 0 radical (unpaired) electrons. The highest BCUT2D eigenvalue weighted by atomic mass is 79.9. The maximum atomic E-state index is 9.28. The molecule has 68 valence electrons. The number of aliphatic hydroxyl groups excluding tert-OH is 1. The summed E-state index contributed by atoms with van der Waals surface area (Å²) < 4.78 is 0. The topological polar surface area (TPSA) is 20.2 Å². The van der Waals surface area contributed by atoms with Crippen LogP contribution in [-0.2, 0) is 0 Å². The van der Waals surface area contributed by atoms with E-state index in [0.29, 0.717) is 5.33 Å². The van der Waals surface area contributed by atoms with Crippen molar-refractivity contribution in [3.63, 3.8) is 0 Å². The average molecular weight is 231 g/mol. The molecule has 0 fully saturated rings. The molecular weight excluding hydrogens is 216 g/mol. The van der Waals surface area contributed by atoms with Gasteiger partial charge in [-0.25, -0.2) is 0 Å². The van der Waals surface area contributed by atoms with Crippen LogP contribution in [0.3, 0.4) is 0 Å². The minimum atomic E-state index is -0.374. The number of rotatable bonds is 2. The van der Waals surface area contributed by atoms with Crippen LogP contribution in [0.2, 0.25) is 0 Å². The lowest BCUT2D eigenvalue weighted by atomic mass is 10.1. The first-order chi connectivity index (χ1) is 5.84. The fourth-order valence-corrected chi connectivity index (χ4v) is 1.14. The lowest BCUT2D eigenvalue weighted by molar-refractivity contribution is 0.205. The van der Waals surface area contributed by atoms with Gasteiger partial charge in [0.25, 0.3) is 0 Å². The molecule has 1 rings (SSSR count). The van der Waals surface area contributed by atoms with Crippen LogP contribution in [0.5, 0.6) is 0 Å². The normalized spacial score (nSPS) is 11.3. The molecule has 0 aliphatic carbocycles. The van der Waals surface area contributed by atoms with Crippen LogP contribution in [-0.4, -0.2) is 10.4 Å². The van der Waals surface area contributed by atoms with Gasteiger partial charge >= 0.3 is 0 Å². The van der Waals surface area contributed by atoms with Crippen LogP contribution in [0.4, 0.5) is 0 Å².